The van der Waals surface area contributed by atoms with Crippen molar-refractivity contribution in [3.8, 4) is 0 Å². The molecule has 1 aromatic carbocycles. The fourth-order valence-electron chi connectivity index (χ4n) is 1.51. The van der Waals surface area contributed by atoms with Crippen molar-refractivity contribution in [2.24, 2.45) is 0 Å². The van der Waals surface area contributed by atoms with Crippen LogP contribution in [-0.4, -0.2) is 6.26 Å². The summed E-state index contributed by atoms with van der Waals surface area (Å²) in [6.45, 7) is 2.08. The molecule has 0 radical (unpaired) electrons. The lowest BCUT2D eigenvalue weighted by molar-refractivity contribution is 0.547. The standard InChI is InChI=1S/C13H15NOS/c1-10-5-3-4-6-12(10)14-13-8-7-11(15-13)9-16-2/h3-8,14H,9H2,1-2H3. The molecule has 2 aromatic rings. The van der Waals surface area contributed by atoms with E-state index in [2.05, 4.69) is 24.6 Å². The Labute approximate surface area is 100 Å². The lowest BCUT2D eigenvalue weighted by Crippen LogP contribution is -1.90. The third-order valence-corrected chi connectivity index (χ3v) is 2.92. The third-order valence-electron chi connectivity index (χ3n) is 2.35. The molecule has 0 unspecified atom stereocenters. The Balaban J connectivity index is 2.11. The van der Waals surface area contributed by atoms with E-state index in [0.29, 0.717) is 0 Å². The molecule has 3 heteroatoms. The first kappa shape index (κ1) is 11.1. The van der Waals surface area contributed by atoms with Gasteiger partial charge in [-0.15, -0.1) is 0 Å². The van der Waals surface area contributed by atoms with Crippen molar-refractivity contribution in [3.63, 3.8) is 0 Å². The van der Waals surface area contributed by atoms with E-state index >= 15 is 0 Å². The summed E-state index contributed by atoms with van der Waals surface area (Å²) in [7, 11) is 0. The second kappa shape index (κ2) is 5.12. The van der Waals surface area contributed by atoms with Crippen LogP contribution < -0.4 is 5.32 Å². The normalized spacial score (nSPS) is 10.4. The molecule has 1 N–H and O–H groups in total. The minimum atomic E-state index is 0.804. The van der Waals surface area contributed by atoms with Crippen molar-refractivity contribution >= 4 is 23.3 Å². The maximum atomic E-state index is 5.65. The lowest BCUT2D eigenvalue weighted by Gasteiger charge is -2.05. The van der Waals surface area contributed by atoms with Gasteiger partial charge in [0.25, 0.3) is 0 Å². The van der Waals surface area contributed by atoms with Gasteiger partial charge in [0, 0.05) is 11.8 Å². The molecule has 0 saturated carbocycles. The van der Waals surface area contributed by atoms with Gasteiger partial charge < -0.3 is 9.73 Å². The molecule has 84 valence electrons. The van der Waals surface area contributed by atoms with Gasteiger partial charge in [0.05, 0.1) is 5.75 Å². The van der Waals surface area contributed by atoms with Gasteiger partial charge in [0.2, 0.25) is 0 Å². The van der Waals surface area contributed by atoms with Crippen LogP contribution in [0.1, 0.15) is 11.3 Å². The van der Waals surface area contributed by atoms with Crippen LogP contribution in [0, 0.1) is 6.92 Å². The molecule has 0 atom stereocenters. The van der Waals surface area contributed by atoms with Crippen molar-refractivity contribution in [2.75, 3.05) is 11.6 Å². The van der Waals surface area contributed by atoms with Crippen LogP contribution in [0.4, 0.5) is 11.6 Å². The first-order valence-electron chi connectivity index (χ1n) is 5.20. The highest BCUT2D eigenvalue weighted by atomic mass is 32.2. The highest BCUT2D eigenvalue weighted by Gasteiger charge is 2.02. The zero-order valence-electron chi connectivity index (χ0n) is 9.49. The van der Waals surface area contributed by atoms with Gasteiger partial charge in [-0.2, -0.15) is 11.8 Å². The second-order valence-electron chi connectivity index (χ2n) is 3.64. The minimum Gasteiger partial charge on any atom is -0.445 e. The fraction of sp³-hybridized carbons (Fsp3) is 0.231. The van der Waals surface area contributed by atoms with E-state index in [4.69, 9.17) is 4.42 Å². The van der Waals surface area contributed by atoms with Gasteiger partial charge in [-0.3, -0.25) is 0 Å². The summed E-state index contributed by atoms with van der Waals surface area (Å²) in [5.74, 6) is 2.72. The largest absolute Gasteiger partial charge is 0.445 e. The monoisotopic (exact) mass is 233 g/mol. The molecular formula is C13H15NOS. The number of benzene rings is 1. The molecule has 1 aromatic heterocycles. The highest BCUT2D eigenvalue weighted by Crippen LogP contribution is 2.23. The lowest BCUT2D eigenvalue weighted by atomic mass is 10.2. The van der Waals surface area contributed by atoms with Crippen LogP contribution in [0.15, 0.2) is 40.8 Å². The highest BCUT2D eigenvalue weighted by molar-refractivity contribution is 7.97. The van der Waals surface area contributed by atoms with Crippen molar-refractivity contribution in [1.82, 2.24) is 0 Å². The Morgan fingerprint density at radius 1 is 1.19 bits per heavy atom. The number of anilines is 2. The third kappa shape index (κ3) is 2.61. The Morgan fingerprint density at radius 2 is 2.00 bits per heavy atom. The maximum absolute atomic E-state index is 5.65. The van der Waals surface area contributed by atoms with Crippen molar-refractivity contribution in [1.29, 1.82) is 0 Å². The summed E-state index contributed by atoms with van der Waals surface area (Å²) in [6, 6.07) is 12.2. The SMILES string of the molecule is CSCc1ccc(Nc2ccccc2C)o1. The summed E-state index contributed by atoms with van der Waals surface area (Å²) in [5, 5.41) is 3.28. The average Bonchev–Trinajstić information content (AvgIpc) is 2.70. The Hall–Kier alpha value is -1.35. The van der Waals surface area contributed by atoms with E-state index in [1.807, 2.05) is 30.3 Å². The maximum Gasteiger partial charge on any atom is 0.197 e. The smallest absolute Gasteiger partial charge is 0.197 e. The zero-order valence-corrected chi connectivity index (χ0v) is 10.3. The summed E-state index contributed by atoms with van der Waals surface area (Å²) >= 11 is 1.76. The van der Waals surface area contributed by atoms with E-state index in [1.165, 1.54) is 5.56 Å². The molecule has 0 spiro atoms. The van der Waals surface area contributed by atoms with Crippen LogP contribution in [0.2, 0.25) is 0 Å². The molecule has 0 amide bonds. The number of rotatable bonds is 4. The molecule has 0 aliphatic heterocycles. The zero-order chi connectivity index (χ0) is 11.4. The van der Waals surface area contributed by atoms with Crippen LogP contribution >= 0.6 is 11.8 Å². The molecular weight excluding hydrogens is 218 g/mol. The number of thioether (sulfide) groups is 1. The molecule has 0 aliphatic carbocycles. The average molecular weight is 233 g/mol. The van der Waals surface area contributed by atoms with Crippen molar-refractivity contribution in [2.45, 2.75) is 12.7 Å². The van der Waals surface area contributed by atoms with Crippen LogP contribution in [-0.2, 0) is 5.75 Å². The summed E-state index contributed by atoms with van der Waals surface area (Å²) in [5.41, 5.74) is 2.30. The quantitative estimate of drug-likeness (QED) is 0.857. The molecule has 2 nitrogen and oxygen atoms in total. The van der Waals surface area contributed by atoms with Gasteiger partial charge in [-0.25, -0.2) is 0 Å². The van der Waals surface area contributed by atoms with Gasteiger partial charge in [-0.1, -0.05) is 18.2 Å². The van der Waals surface area contributed by atoms with Crippen LogP contribution in [0.5, 0.6) is 0 Å². The van der Waals surface area contributed by atoms with Gasteiger partial charge >= 0.3 is 0 Å². The van der Waals surface area contributed by atoms with Crippen LogP contribution in [0.3, 0.4) is 0 Å². The predicted molar refractivity (Wildman–Crippen MR) is 70.4 cm³/mol. The van der Waals surface area contributed by atoms with Gasteiger partial charge in [0.15, 0.2) is 5.88 Å². The van der Waals surface area contributed by atoms with E-state index in [0.717, 1.165) is 23.1 Å². The molecule has 2 rings (SSSR count). The topological polar surface area (TPSA) is 25.2 Å². The number of nitrogens with one attached hydrogen (secondary N) is 1. The summed E-state index contributed by atoms with van der Waals surface area (Å²) < 4.78 is 5.65. The van der Waals surface area contributed by atoms with E-state index < -0.39 is 0 Å². The van der Waals surface area contributed by atoms with Crippen LogP contribution in [0.25, 0.3) is 0 Å². The molecule has 0 bridgehead atoms. The van der Waals surface area contributed by atoms with E-state index in [-0.39, 0.29) is 0 Å². The minimum absolute atomic E-state index is 0.804. The number of para-hydroxylation sites is 1. The Morgan fingerprint density at radius 3 is 2.75 bits per heavy atom. The number of hydrogen-bond acceptors (Lipinski definition) is 3. The molecule has 0 aliphatic rings. The van der Waals surface area contributed by atoms with Crippen molar-refractivity contribution in [3.05, 3.63) is 47.7 Å². The number of furan rings is 1. The Bertz CT molecular complexity index is 464. The number of hydrogen-bond donors (Lipinski definition) is 1. The molecule has 16 heavy (non-hydrogen) atoms. The predicted octanol–water partition coefficient (Wildman–Crippen LogP) is 4.19. The van der Waals surface area contributed by atoms with Gasteiger partial charge in [0.1, 0.15) is 5.76 Å². The molecule has 0 saturated heterocycles. The Kier molecular flexibility index (Phi) is 3.57. The van der Waals surface area contributed by atoms with E-state index in [9.17, 15) is 0 Å². The second-order valence-corrected chi connectivity index (χ2v) is 4.50. The summed E-state index contributed by atoms with van der Waals surface area (Å²) in [4.78, 5) is 0. The van der Waals surface area contributed by atoms with E-state index in [1.54, 1.807) is 11.8 Å². The number of aryl methyl sites for hydroxylation is 1. The first-order valence-corrected chi connectivity index (χ1v) is 6.59. The molecule has 0 fully saturated rings. The first-order chi connectivity index (χ1) is 7.79. The fourth-order valence-corrected chi connectivity index (χ4v) is 1.95. The molecule has 1 heterocycles. The van der Waals surface area contributed by atoms with Crippen molar-refractivity contribution < 1.29 is 4.42 Å². The summed E-state index contributed by atoms with van der Waals surface area (Å²) in [6.07, 6.45) is 2.07. The van der Waals surface area contributed by atoms with Gasteiger partial charge in [-0.05, 0) is 30.9 Å².